The zero-order chi connectivity index (χ0) is 13.3. The van der Waals surface area contributed by atoms with Crippen LogP contribution in [0, 0.1) is 11.6 Å². The number of amides is 1. The lowest BCUT2D eigenvalue weighted by atomic mass is 10.1. The van der Waals surface area contributed by atoms with Crippen LogP contribution >= 0.6 is 15.9 Å². The summed E-state index contributed by atoms with van der Waals surface area (Å²) >= 11 is 2.99. The Labute approximate surface area is 112 Å². The number of hydrogen-bond donors (Lipinski definition) is 1. The second kappa shape index (κ2) is 5.32. The maximum Gasteiger partial charge on any atom is 0.259 e. The summed E-state index contributed by atoms with van der Waals surface area (Å²) in [5, 5.41) is 3.17. The van der Waals surface area contributed by atoms with E-state index in [2.05, 4.69) is 21.2 Å². The average molecular weight is 319 g/mol. The minimum absolute atomic E-state index is 0.129. The van der Waals surface area contributed by atoms with Crippen molar-refractivity contribution < 1.29 is 13.6 Å². The van der Waals surface area contributed by atoms with E-state index in [9.17, 15) is 13.6 Å². The quantitative estimate of drug-likeness (QED) is 0.860. The third-order valence-electron chi connectivity index (χ3n) is 2.88. The van der Waals surface area contributed by atoms with E-state index >= 15 is 0 Å². The summed E-state index contributed by atoms with van der Waals surface area (Å²) in [6, 6.07) is 2.33. The van der Waals surface area contributed by atoms with Crippen LogP contribution in [0.3, 0.4) is 0 Å². The number of piperazine rings is 1. The Bertz CT molecular complexity index is 458. The molecule has 0 radical (unpaired) electrons. The molecule has 0 aliphatic carbocycles. The van der Waals surface area contributed by atoms with Gasteiger partial charge in [-0.05, 0) is 19.1 Å². The summed E-state index contributed by atoms with van der Waals surface area (Å²) < 4.78 is 27.6. The van der Waals surface area contributed by atoms with Crippen molar-refractivity contribution in [2.45, 2.75) is 13.0 Å². The van der Waals surface area contributed by atoms with Crippen molar-refractivity contribution >= 4 is 21.8 Å². The standard InChI is InChI=1S/C12H13BrF2N2O/c1-7-6-17(3-2-16-7)12(18)11-9(14)4-8(13)5-10(11)15/h4-5,7,16H,2-3,6H2,1H3/t7-/m1/s1. The second-order valence-electron chi connectivity index (χ2n) is 4.35. The van der Waals surface area contributed by atoms with Crippen LogP contribution in [0.25, 0.3) is 0 Å². The van der Waals surface area contributed by atoms with Gasteiger partial charge in [0.2, 0.25) is 0 Å². The van der Waals surface area contributed by atoms with Crippen molar-refractivity contribution in [2.24, 2.45) is 0 Å². The highest BCUT2D eigenvalue weighted by Gasteiger charge is 2.26. The van der Waals surface area contributed by atoms with Gasteiger partial charge in [0.25, 0.3) is 5.91 Å². The van der Waals surface area contributed by atoms with Crippen molar-refractivity contribution in [1.29, 1.82) is 0 Å². The van der Waals surface area contributed by atoms with Gasteiger partial charge in [-0.2, -0.15) is 0 Å². The maximum absolute atomic E-state index is 13.7. The van der Waals surface area contributed by atoms with Gasteiger partial charge in [0.05, 0.1) is 0 Å². The first kappa shape index (κ1) is 13.4. The van der Waals surface area contributed by atoms with Gasteiger partial charge < -0.3 is 10.2 Å². The fraction of sp³-hybridized carbons (Fsp3) is 0.417. The number of nitrogens with zero attached hydrogens (tertiary/aromatic N) is 1. The van der Waals surface area contributed by atoms with Crippen LogP contribution in [0.5, 0.6) is 0 Å². The Morgan fingerprint density at radius 3 is 2.61 bits per heavy atom. The molecule has 0 spiro atoms. The van der Waals surface area contributed by atoms with Gasteiger partial charge in [-0.15, -0.1) is 0 Å². The molecule has 0 saturated carbocycles. The van der Waals surface area contributed by atoms with Crippen molar-refractivity contribution in [2.75, 3.05) is 19.6 Å². The van der Waals surface area contributed by atoms with Gasteiger partial charge in [-0.25, -0.2) is 8.78 Å². The molecule has 1 aromatic carbocycles. The predicted molar refractivity (Wildman–Crippen MR) is 67.4 cm³/mol. The molecular formula is C12H13BrF2N2O. The van der Waals surface area contributed by atoms with Crippen molar-refractivity contribution in [1.82, 2.24) is 10.2 Å². The van der Waals surface area contributed by atoms with Crippen LogP contribution in [0.2, 0.25) is 0 Å². The molecule has 18 heavy (non-hydrogen) atoms. The first-order chi connectivity index (χ1) is 8.49. The van der Waals surface area contributed by atoms with Crippen molar-refractivity contribution in [3.63, 3.8) is 0 Å². The van der Waals surface area contributed by atoms with E-state index in [1.54, 1.807) is 0 Å². The minimum atomic E-state index is -0.835. The fourth-order valence-corrected chi connectivity index (χ4v) is 2.42. The molecule has 1 atom stereocenters. The highest BCUT2D eigenvalue weighted by Crippen LogP contribution is 2.21. The first-order valence-corrected chi connectivity index (χ1v) is 6.45. The molecule has 1 fully saturated rings. The number of rotatable bonds is 1. The largest absolute Gasteiger partial charge is 0.336 e. The average Bonchev–Trinajstić information content (AvgIpc) is 2.27. The van der Waals surface area contributed by atoms with E-state index in [1.165, 1.54) is 4.90 Å². The lowest BCUT2D eigenvalue weighted by Crippen LogP contribution is -2.51. The molecule has 1 heterocycles. The predicted octanol–water partition coefficient (Wildman–Crippen LogP) is 2.16. The number of nitrogens with one attached hydrogen (secondary N) is 1. The van der Waals surface area contributed by atoms with E-state index in [0.29, 0.717) is 19.6 Å². The Hall–Kier alpha value is -1.01. The molecule has 1 N–H and O–H groups in total. The van der Waals surface area contributed by atoms with Gasteiger partial charge in [-0.1, -0.05) is 15.9 Å². The third kappa shape index (κ3) is 2.70. The molecule has 0 bridgehead atoms. The fourth-order valence-electron chi connectivity index (χ4n) is 2.02. The van der Waals surface area contributed by atoms with Crippen LogP contribution in [0.4, 0.5) is 8.78 Å². The SMILES string of the molecule is C[C@@H]1CN(C(=O)c2c(F)cc(Br)cc2F)CCN1. The van der Waals surface area contributed by atoms with Crippen LogP contribution in [0.15, 0.2) is 16.6 Å². The monoisotopic (exact) mass is 318 g/mol. The summed E-state index contributed by atoms with van der Waals surface area (Å²) in [7, 11) is 0. The molecule has 3 nitrogen and oxygen atoms in total. The summed E-state index contributed by atoms with van der Waals surface area (Å²) in [5.41, 5.74) is -0.479. The molecule has 1 aliphatic rings. The maximum atomic E-state index is 13.7. The summed E-state index contributed by atoms with van der Waals surface area (Å²) in [6.07, 6.45) is 0. The summed E-state index contributed by atoms with van der Waals surface area (Å²) in [6.45, 7) is 3.46. The van der Waals surface area contributed by atoms with E-state index in [1.807, 2.05) is 6.92 Å². The Morgan fingerprint density at radius 1 is 1.44 bits per heavy atom. The Kier molecular flexibility index (Phi) is 3.97. The number of halogens is 3. The van der Waals surface area contributed by atoms with Gasteiger partial charge in [0, 0.05) is 30.1 Å². The van der Waals surface area contributed by atoms with Gasteiger partial charge in [-0.3, -0.25) is 4.79 Å². The molecule has 1 aromatic rings. The molecular weight excluding hydrogens is 306 g/mol. The number of benzene rings is 1. The molecule has 0 aromatic heterocycles. The lowest BCUT2D eigenvalue weighted by Gasteiger charge is -2.32. The number of carbonyl (C=O) groups is 1. The molecule has 2 rings (SSSR count). The first-order valence-electron chi connectivity index (χ1n) is 5.66. The lowest BCUT2D eigenvalue weighted by molar-refractivity contribution is 0.0699. The minimum Gasteiger partial charge on any atom is -0.336 e. The summed E-state index contributed by atoms with van der Waals surface area (Å²) in [5.74, 6) is -2.26. The van der Waals surface area contributed by atoms with E-state index in [4.69, 9.17) is 0 Å². The smallest absolute Gasteiger partial charge is 0.259 e. The van der Waals surface area contributed by atoms with Crippen LogP contribution in [-0.2, 0) is 0 Å². The molecule has 0 unspecified atom stereocenters. The third-order valence-corrected chi connectivity index (χ3v) is 3.33. The highest BCUT2D eigenvalue weighted by molar-refractivity contribution is 9.10. The Morgan fingerprint density at radius 2 is 2.06 bits per heavy atom. The normalized spacial score (nSPS) is 20.0. The topological polar surface area (TPSA) is 32.3 Å². The van der Waals surface area contributed by atoms with E-state index in [0.717, 1.165) is 12.1 Å². The van der Waals surface area contributed by atoms with Gasteiger partial charge in [0.1, 0.15) is 17.2 Å². The van der Waals surface area contributed by atoms with Crippen molar-refractivity contribution in [3.05, 3.63) is 33.8 Å². The summed E-state index contributed by atoms with van der Waals surface area (Å²) in [4.78, 5) is 13.6. The van der Waals surface area contributed by atoms with Crippen LogP contribution in [0.1, 0.15) is 17.3 Å². The van der Waals surface area contributed by atoms with Gasteiger partial charge >= 0.3 is 0 Å². The van der Waals surface area contributed by atoms with E-state index < -0.39 is 23.1 Å². The van der Waals surface area contributed by atoms with Crippen LogP contribution < -0.4 is 5.32 Å². The number of carbonyl (C=O) groups excluding carboxylic acids is 1. The number of hydrogen-bond acceptors (Lipinski definition) is 2. The second-order valence-corrected chi connectivity index (χ2v) is 5.27. The highest BCUT2D eigenvalue weighted by atomic mass is 79.9. The van der Waals surface area contributed by atoms with Gasteiger partial charge in [0.15, 0.2) is 0 Å². The Balaban J connectivity index is 2.28. The zero-order valence-electron chi connectivity index (χ0n) is 9.84. The van der Waals surface area contributed by atoms with E-state index in [-0.39, 0.29) is 10.5 Å². The van der Waals surface area contributed by atoms with Crippen molar-refractivity contribution in [3.8, 4) is 0 Å². The molecule has 98 valence electrons. The van der Waals surface area contributed by atoms with Crippen LogP contribution in [-0.4, -0.2) is 36.5 Å². The molecule has 1 saturated heterocycles. The zero-order valence-corrected chi connectivity index (χ0v) is 11.4. The molecule has 6 heteroatoms. The molecule has 1 amide bonds. The molecule has 1 aliphatic heterocycles.